The molecule has 1 aliphatic heterocycles. The van der Waals surface area contributed by atoms with Gasteiger partial charge in [-0.25, -0.2) is 5.01 Å². The van der Waals surface area contributed by atoms with Crippen LogP contribution in [0.3, 0.4) is 0 Å². The van der Waals surface area contributed by atoms with E-state index in [1.165, 1.54) is 5.56 Å². The Morgan fingerprint density at radius 1 is 1.16 bits per heavy atom. The molecular weight excluding hydrogens is 425 g/mol. The number of dihydropyridines is 1. The zero-order valence-electron chi connectivity index (χ0n) is 14.0. The second-order valence-corrected chi connectivity index (χ2v) is 8.28. The van der Waals surface area contributed by atoms with Gasteiger partial charge in [0.15, 0.2) is 3.55 Å². The van der Waals surface area contributed by atoms with Crippen molar-refractivity contribution in [2.45, 2.75) is 22.9 Å². The molecule has 0 saturated carbocycles. The third-order valence-corrected chi connectivity index (χ3v) is 5.51. The topological polar surface area (TPSA) is 45.0 Å². The van der Waals surface area contributed by atoms with Crippen LogP contribution in [0.4, 0.5) is 0 Å². The number of nitrogens with zero attached hydrogens (tertiary/aromatic N) is 3. The van der Waals surface area contributed by atoms with E-state index in [-0.39, 0.29) is 5.92 Å². The summed E-state index contributed by atoms with van der Waals surface area (Å²) >= 11 is 2.26. The molecule has 2 unspecified atom stereocenters. The lowest BCUT2D eigenvalue weighted by Crippen LogP contribution is -2.44. The molecule has 2 atom stereocenters. The number of hydrogen-bond donors (Lipinski definition) is 0. The highest BCUT2D eigenvalue weighted by Crippen LogP contribution is 2.31. The van der Waals surface area contributed by atoms with Gasteiger partial charge in [0, 0.05) is 12.5 Å². The lowest BCUT2D eigenvalue weighted by atomic mass is 9.95. The van der Waals surface area contributed by atoms with Crippen molar-refractivity contribution >= 4 is 28.3 Å². The highest BCUT2D eigenvalue weighted by molar-refractivity contribution is 14.1. The smallest absolute Gasteiger partial charge is 0.150 e. The first-order valence-electron chi connectivity index (χ1n) is 8.23. The van der Waals surface area contributed by atoms with E-state index in [0.717, 1.165) is 11.3 Å². The predicted octanol–water partition coefficient (Wildman–Crippen LogP) is 5.12. The van der Waals surface area contributed by atoms with Crippen molar-refractivity contribution in [2.75, 3.05) is 6.54 Å². The second-order valence-electron chi connectivity index (χ2n) is 6.18. The summed E-state index contributed by atoms with van der Waals surface area (Å²) in [4.78, 5) is 16.2. The predicted molar refractivity (Wildman–Crippen MR) is 111 cm³/mol. The molecule has 0 aromatic heterocycles. The SMILES string of the molecule is CC(I)(C1=NCC(c2ccccc2)C=C1)N(Cc1ccccc1)N=O. The molecule has 1 heterocycles. The van der Waals surface area contributed by atoms with Gasteiger partial charge in [-0.15, -0.1) is 4.91 Å². The van der Waals surface area contributed by atoms with E-state index in [2.05, 4.69) is 46.1 Å². The van der Waals surface area contributed by atoms with Crippen molar-refractivity contribution in [3.05, 3.63) is 88.8 Å². The highest BCUT2D eigenvalue weighted by Gasteiger charge is 2.35. The molecule has 4 nitrogen and oxygen atoms in total. The molecule has 0 aliphatic carbocycles. The quantitative estimate of drug-likeness (QED) is 0.204. The lowest BCUT2D eigenvalue weighted by molar-refractivity contribution is 0.241. The van der Waals surface area contributed by atoms with Gasteiger partial charge in [-0.2, -0.15) is 0 Å². The van der Waals surface area contributed by atoms with Crippen LogP contribution in [0.2, 0.25) is 0 Å². The number of benzene rings is 2. The molecule has 25 heavy (non-hydrogen) atoms. The highest BCUT2D eigenvalue weighted by atomic mass is 127. The van der Waals surface area contributed by atoms with Gasteiger partial charge in [0.1, 0.15) is 0 Å². The molecule has 0 amide bonds. The maximum Gasteiger partial charge on any atom is 0.150 e. The van der Waals surface area contributed by atoms with Crippen molar-refractivity contribution in [3.63, 3.8) is 0 Å². The summed E-state index contributed by atoms with van der Waals surface area (Å²) < 4.78 is -0.590. The molecule has 1 aliphatic rings. The largest absolute Gasteiger partial charge is 0.285 e. The van der Waals surface area contributed by atoms with E-state index >= 15 is 0 Å². The van der Waals surface area contributed by atoms with Crippen molar-refractivity contribution < 1.29 is 0 Å². The Bertz CT molecular complexity index is 772. The first-order chi connectivity index (χ1) is 12.1. The summed E-state index contributed by atoms with van der Waals surface area (Å²) in [5, 5.41) is 4.82. The molecule has 5 heteroatoms. The van der Waals surface area contributed by atoms with Crippen LogP contribution in [0.15, 0.2) is 83.1 Å². The third kappa shape index (κ3) is 4.15. The second kappa shape index (κ2) is 7.91. The van der Waals surface area contributed by atoms with Crippen molar-refractivity contribution in [3.8, 4) is 0 Å². The molecule has 0 bridgehead atoms. The summed E-state index contributed by atoms with van der Waals surface area (Å²) in [5.74, 6) is 0.281. The summed E-state index contributed by atoms with van der Waals surface area (Å²) in [5.41, 5.74) is 3.18. The molecule has 0 N–H and O–H groups in total. The normalized spacial score (nSPS) is 19.0. The van der Waals surface area contributed by atoms with Crippen LogP contribution in [0, 0.1) is 4.91 Å². The van der Waals surface area contributed by atoms with Crippen LogP contribution in [0.5, 0.6) is 0 Å². The number of hydrogen-bond acceptors (Lipinski definition) is 3. The summed E-state index contributed by atoms with van der Waals surface area (Å²) in [6, 6.07) is 20.2. The van der Waals surface area contributed by atoms with Crippen LogP contribution < -0.4 is 0 Å². The summed E-state index contributed by atoms with van der Waals surface area (Å²) in [6.07, 6.45) is 4.19. The fourth-order valence-corrected chi connectivity index (χ4v) is 3.48. The van der Waals surface area contributed by atoms with Gasteiger partial charge in [0.25, 0.3) is 0 Å². The van der Waals surface area contributed by atoms with Crippen molar-refractivity contribution in [1.82, 2.24) is 5.01 Å². The van der Waals surface area contributed by atoms with Crippen LogP contribution in [-0.2, 0) is 6.54 Å². The average Bonchev–Trinajstić information content (AvgIpc) is 2.67. The Morgan fingerprint density at radius 2 is 1.80 bits per heavy atom. The van der Waals surface area contributed by atoms with E-state index in [9.17, 15) is 4.91 Å². The first kappa shape index (κ1) is 17.8. The average molecular weight is 445 g/mol. The van der Waals surface area contributed by atoms with E-state index in [4.69, 9.17) is 4.99 Å². The number of halogens is 1. The number of aliphatic imine (C=N–C) groups is 1. The maximum atomic E-state index is 11.5. The maximum absolute atomic E-state index is 11.5. The molecule has 2 aromatic carbocycles. The standard InChI is InChI=1S/C20H20IN3O/c1-20(21,24(23-25)15-16-8-4-2-5-9-16)19-13-12-18(14-22-19)17-10-6-3-7-11-17/h2-13,18H,14-15H2,1H3. The minimum atomic E-state index is -0.590. The van der Waals surface area contributed by atoms with E-state index in [0.29, 0.717) is 13.1 Å². The van der Waals surface area contributed by atoms with Gasteiger partial charge >= 0.3 is 0 Å². The van der Waals surface area contributed by atoms with E-state index in [1.54, 1.807) is 5.01 Å². The van der Waals surface area contributed by atoms with Crippen molar-refractivity contribution in [1.29, 1.82) is 0 Å². The summed E-state index contributed by atoms with van der Waals surface area (Å²) in [7, 11) is 0. The molecular formula is C20H20IN3O. The number of nitroso groups, excluding NO2 is 1. The molecule has 0 saturated heterocycles. The summed E-state index contributed by atoms with van der Waals surface area (Å²) in [6.45, 7) is 3.12. The Balaban J connectivity index is 1.74. The minimum Gasteiger partial charge on any atom is -0.285 e. The van der Waals surface area contributed by atoms with E-state index in [1.807, 2.05) is 61.5 Å². The van der Waals surface area contributed by atoms with Crippen LogP contribution in [0.1, 0.15) is 24.0 Å². The number of rotatable bonds is 6. The third-order valence-electron chi connectivity index (χ3n) is 4.40. The number of alkyl halides is 1. The van der Waals surface area contributed by atoms with Gasteiger partial charge in [-0.05, 0) is 46.7 Å². The zero-order valence-corrected chi connectivity index (χ0v) is 16.2. The molecule has 3 rings (SSSR count). The Labute approximate surface area is 161 Å². The van der Waals surface area contributed by atoms with E-state index < -0.39 is 3.55 Å². The van der Waals surface area contributed by atoms with Crippen molar-refractivity contribution in [2.24, 2.45) is 10.3 Å². The van der Waals surface area contributed by atoms with Gasteiger partial charge < -0.3 is 0 Å². The van der Waals surface area contributed by atoms with Gasteiger partial charge in [0.05, 0.1) is 17.5 Å². The zero-order chi connectivity index (χ0) is 17.7. The van der Waals surface area contributed by atoms with Crippen LogP contribution in [-0.4, -0.2) is 20.8 Å². The molecule has 0 radical (unpaired) electrons. The molecule has 2 aromatic rings. The molecule has 0 spiro atoms. The first-order valence-corrected chi connectivity index (χ1v) is 9.31. The monoisotopic (exact) mass is 445 g/mol. The van der Waals surface area contributed by atoms with Gasteiger partial charge in [0.2, 0.25) is 0 Å². The van der Waals surface area contributed by atoms with Crippen LogP contribution >= 0.6 is 22.6 Å². The minimum absolute atomic E-state index is 0.281. The fourth-order valence-electron chi connectivity index (χ4n) is 2.87. The fraction of sp³-hybridized carbons (Fsp3) is 0.250. The Kier molecular flexibility index (Phi) is 5.63. The Hall–Kier alpha value is -2.02. The Morgan fingerprint density at radius 3 is 2.36 bits per heavy atom. The molecule has 128 valence electrons. The molecule has 0 fully saturated rings. The van der Waals surface area contributed by atoms with Crippen LogP contribution in [0.25, 0.3) is 0 Å². The lowest BCUT2D eigenvalue weighted by Gasteiger charge is -2.33. The van der Waals surface area contributed by atoms with Gasteiger partial charge in [-0.1, -0.05) is 66.7 Å². The van der Waals surface area contributed by atoms with Gasteiger partial charge in [-0.3, -0.25) is 4.99 Å².